The van der Waals surface area contributed by atoms with Crippen LogP contribution in [0.4, 0.5) is 0 Å². The van der Waals surface area contributed by atoms with Crippen LogP contribution in [0.15, 0.2) is 5.10 Å². The molecule has 0 aliphatic heterocycles. The Morgan fingerprint density at radius 2 is 2.11 bits per heavy atom. The van der Waals surface area contributed by atoms with Gasteiger partial charge in [-0.25, -0.2) is 0 Å². The Morgan fingerprint density at radius 3 is 2.22 bits per heavy atom. The molecule has 0 saturated carbocycles. The second kappa shape index (κ2) is 3.34. The van der Waals surface area contributed by atoms with Crippen molar-refractivity contribution in [2.75, 3.05) is 14.1 Å². The van der Waals surface area contributed by atoms with Crippen LogP contribution < -0.4 is 5.84 Å². The third-order valence-electron chi connectivity index (χ3n) is 0.890. The standard InChI is InChI=1S/C4H11N4S/c1-4(7(2)3)6-8(5)9/h1-3H3,(H2,5,9)/q+1/b6-4+. The van der Waals surface area contributed by atoms with Gasteiger partial charge in [0.1, 0.15) is 4.16 Å². The summed E-state index contributed by atoms with van der Waals surface area (Å²) >= 11 is 4.47. The highest BCUT2D eigenvalue weighted by molar-refractivity contribution is 7.44. The molecule has 0 spiro atoms. The van der Waals surface area contributed by atoms with Gasteiger partial charge in [-0.3, -0.25) is 0 Å². The first kappa shape index (κ1) is 8.29. The van der Waals surface area contributed by atoms with Crippen LogP contribution in [0.5, 0.6) is 0 Å². The fourth-order valence-electron chi connectivity index (χ4n) is 0.232. The van der Waals surface area contributed by atoms with E-state index in [1.54, 1.807) is 0 Å². The van der Waals surface area contributed by atoms with E-state index in [0.29, 0.717) is 0 Å². The molecule has 0 amide bonds. The summed E-state index contributed by atoms with van der Waals surface area (Å²) in [6.45, 7) is 1.83. The van der Waals surface area contributed by atoms with Gasteiger partial charge >= 0.3 is 12.4 Å². The molecular formula is C4H11N4S+. The van der Waals surface area contributed by atoms with Crippen LogP contribution in [0, 0.1) is 0 Å². The maximum absolute atomic E-state index is 5.07. The van der Waals surface area contributed by atoms with E-state index in [9.17, 15) is 0 Å². The summed E-state index contributed by atoms with van der Waals surface area (Å²) in [6.07, 6.45) is 0. The SMILES string of the molecule is C/C(=N\[N+](N)=S)N(C)C. The van der Waals surface area contributed by atoms with Crippen molar-refractivity contribution in [1.82, 2.24) is 4.90 Å². The Kier molecular flexibility index (Phi) is 3.08. The number of hydrogen-bond acceptors (Lipinski definition) is 1. The number of rotatable bonds is 1. The molecule has 9 heavy (non-hydrogen) atoms. The molecule has 0 fully saturated rings. The Labute approximate surface area is 60.1 Å². The molecule has 0 saturated heterocycles. The van der Waals surface area contributed by atoms with Crippen LogP contribution in [0.1, 0.15) is 6.92 Å². The maximum atomic E-state index is 5.07. The molecule has 0 bridgehead atoms. The fraction of sp³-hybridized carbons (Fsp3) is 0.750. The van der Waals surface area contributed by atoms with E-state index in [-0.39, 0.29) is 0 Å². The largest absolute Gasteiger partial charge is 0.361 e. The van der Waals surface area contributed by atoms with Crippen molar-refractivity contribution in [3.05, 3.63) is 0 Å². The summed E-state index contributed by atoms with van der Waals surface area (Å²) in [6, 6.07) is 0. The Bertz CT molecular complexity index is 140. The van der Waals surface area contributed by atoms with Crippen molar-refractivity contribution in [2.24, 2.45) is 10.9 Å². The summed E-state index contributed by atoms with van der Waals surface area (Å²) in [4.78, 5) is 1.83. The van der Waals surface area contributed by atoms with Crippen LogP contribution in [-0.2, 0) is 12.4 Å². The van der Waals surface area contributed by atoms with Gasteiger partial charge in [-0.05, 0) is 6.92 Å². The number of hydrazone groups is 1. The summed E-state index contributed by atoms with van der Waals surface area (Å²) in [5.74, 6) is 5.85. The molecule has 5 heteroatoms. The van der Waals surface area contributed by atoms with E-state index >= 15 is 0 Å². The maximum Gasteiger partial charge on any atom is 0.336 e. The van der Waals surface area contributed by atoms with Gasteiger partial charge in [-0.15, -0.1) is 0 Å². The molecule has 0 aromatic heterocycles. The minimum atomic E-state index is 0.785. The first-order chi connectivity index (χ1) is 4.04. The minimum Gasteiger partial charge on any atom is -0.361 e. The number of amidine groups is 1. The number of nitrogens with zero attached hydrogens (tertiary/aromatic N) is 3. The normalized spacial score (nSPS) is 11.2. The molecule has 0 aliphatic carbocycles. The molecule has 4 nitrogen and oxygen atoms in total. The van der Waals surface area contributed by atoms with E-state index in [4.69, 9.17) is 5.84 Å². The van der Waals surface area contributed by atoms with Crippen molar-refractivity contribution < 1.29 is 4.16 Å². The fourth-order valence-corrected chi connectivity index (χ4v) is 0.350. The second-order valence-electron chi connectivity index (χ2n) is 1.84. The highest BCUT2D eigenvalue weighted by Gasteiger charge is 1.97. The van der Waals surface area contributed by atoms with Crippen LogP contribution in [0.25, 0.3) is 0 Å². The zero-order valence-corrected chi connectivity index (χ0v) is 6.64. The van der Waals surface area contributed by atoms with Gasteiger partial charge in [0.2, 0.25) is 0 Å². The lowest BCUT2D eigenvalue weighted by atomic mass is 10.6. The van der Waals surface area contributed by atoms with Crippen LogP contribution in [-0.4, -0.2) is 29.0 Å². The number of hydrazine groups is 1. The highest BCUT2D eigenvalue weighted by atomic mass is 32.1. The zero-order valence-electron chi connectivity index (χ0n) is 5.83. The predicted molar refractivity (Wildman–Crippen MR) is 38.6 cm³/mol. The predicted octanol–water partition coefficient (Wildman–Crippen LogP) is -0.502. The first-order valence-corrected chi connectivity index (χ1v) is 2.85. The molecule has 0 radical (unpaired) electrons. The molecule has 0 atom stereocenters. The van der Waals surface area contributed by atoms with Gasteiger partial charge in [0.05, 0.1) is 5.10 Å². The summed E-state index contributed by atoms with van der Waals surface area (Å²) in [7, 11) is 3.75. The average molecular weight is 147 g/mol. The van der Waals surface area contributed by atoms with Gasteiger partial charge in [-0.2, -0.15) is 5.84 Å². The van der Waals surface area contributed by atoms with E-state index in [1.165, 1.54) is 0 Å². The van der Waals surface area contributed by atoms with Gasteiger partial charge in [0, 0.05) is 14.1 Å². The smallest absolute Gasteiger partial charge is 0.336 e. The molecule has 0 unspecified atom stereocenters. The lowest BCUT2D eigenvalue weighted by Crippen LogP contribution is -2.22. The molecule has 52 valence electrons. The van der Waals surface area contributed by atoms with Crippen molar-refractivity contribution in [3.8, 4) is 0 Å². The van der Waals surface area contributed by atoms with Crippen molar-refractivity contribution in [3.63, 3.8) is 0 Å². The van der Waals surface area contributed by atoms with Crippen LogP contribution >= 0.6 is 0 Å². The van der Waals surface area contributed by atoms with Crippen molar-refractivity contribution in [1.29, 1.82) is 0 Å². The molecule has 0 heterocycles. The van der Waals surface area contributed by atoms with Crippen LogP contribution in [0.2, 0.25) is 0 Å². The second-order valence-corrected chi connectivity index (χ2v) is 2.22. The van der Waals surface area contributed by atoms with Gasteiger partial charge < -0.3 is 4.90 Å². The van der Waals surface area contributed by atoms with Crippen molar-refractivity contribution in [2.45, 2.75) is 6.92 Å². The molecule has 0 aromatic rings. The Balaban J connectivity index is 4.00. The Hall–Kier alpha value is -0.710. The summed E-state index contributed by atoms with van der Waals surface area (Å²) < 4.78 is 0.870. The van der Waals surface area contributed by atoms with E-state index in [1.807, 2.05) is 25.9 Å². The van der Waals surface area contributed by atoms with E-state index < -0.39 is 0 Å². The monoisotopic (exact) mass is 147 g/mol. The molecule has 0 rings (SSSR count). The van der Waals surface area contributed by atoms with E-state index in [2.05, 4.69) is 17.5 Å². The quantitative estimate of drug-likeness (QED) is 0.179. The third-order valence-corrected chi connectivity index (χ3v) is 0.972. The Morgan fingerprint density at radius 1 is 1.67 bits per heavy atom. The average Bonchev–Trinajstić information content (AvgIpc) is 1.63. The zero-order chi connectivity index (χ0) is 7.44. The topological polar surface area (TPSA) is 44.6 Å². The van der Waals surface area contributed by atoms with Crippen LogP contribution in [0.3, 0.4) is 0 Å². The summed E-state index contributed by atoms with van der Waals surface area (Å²) in [5.41, 5.74) is 0. The number of nitrogens with two attached hydrogens (primary N) is 1. The lowest BCUT2D eigenvalue weighted by Gasteiger charge is -2.05. The van der Waals surface area contributed by atoms with Gasteiger partial charge in [-0.1, -0.05) is 0 Å². The summed E-state index contributed by atoms with van der Waals surface area (Å²) in [5, 5.41) is 3.75. The molecule has 2 N–H and O–H groups in total. The molecular weight excluding hydrogens is 136 g/mol. The van der Waals surface area contributed by atoms with Gasteiger partial charge in [0.15, 0.2) is 5.84 Å². The third kappa shape index (κ3) is 3.84. The lowest BCUT2D eigenvalue weighted by molar-refractivity contribution is -0.515. The highest BCUT2D eigenvalue weighted by Crippen LogP contribution is 1.79. The van der Waals surface area contributed by atoms with Crippen molar-refractivity contribution >= 4 is 18.3 Å². The van der Waals surface area contributed by atoms with Gasteiger partial charge in [0.25, 0.3) is 0 Å². The molecule has 0 aromatic carbocycles. The first-order valence-electron chi connectivity index (χ1n) is 2.48. The number of hydrogen-bond donors (Lipinski definition) is 1. The van der Waals surface area contributed by atoms with E-state index in [0.717, 1.165) is 10.00 Å². The minimum absolute atomic E-state index is 0.785. The molecule has 0 aliphatic rings.